The maximum Gasteiger partial charge on any atom is 0.258 e. The van der Waals surface area contributed by atoms with Gasteiger partial charge in [0.2, 0.25) is 0 Å². The van der Waals surface area contributed by atoms with E-state index in [-0.39, 0.29) is 30.4 Å². The van der Waals surface area contributed by atoms with E-state index in [1.54, 1.807) is 16.8 Å². The van der Waals surface area contributed by atoms with Crippen LogP contribution in [0.5, 0.6) is 5.75 Å². The van der Waals surface area contributed by atoms with E-state index in [4.69, 9.17) is 4.74 Å². The molecule has 0 spiro atoms. The van der Waals surface area contributed by atoms with Gasteiger partial charge in [-0.3, -0.25) is 9.36 Å². The first-order chi connectivity index (χ1) is 14.7. The summed E-state index contributed by atoms with van der Waals surface area (Å²) in [4.78, 5) is 12.8. The summed E-state index contributed by atoms with van der Waals surface area (Å²) >= 11 is 0. The van der Waals surface area contributed by atoms with Crippen LogP contribution in [0.4, 0.5) is 0 Å². The maximum atomic E-state index is 12.8. The van der Waals surface area contributed by atoms with E-state index >= 15 is 0 Å². The molecule has 32 heavy (non-hydrogen) atoms. The van der Waals surface area contributed by atoms with Gasteiger partial charge in [0.25, 0.3) is 5.56 Å². The van der Waals surface area contributed by atoms with Crippen LogP contribution >= 0.6 is 24.8 Å². The zero-order valence-electron chi connectivity index (χ0n) is 17.9. The third-order valence-corrected chi connectivity index (χ3v) is 5.85. The van der Waals surface area contributed by atoms with Gasteiger partial charge in [-0.15, -0.1) is 24.8 Å². The Labute approximate surface area is 199 Å². The molecule has 0 saturated carbocycles. The lowest BCUT2D eigenvalue weighted by atomic mass is 10.1. The van der Waals surface area contributed by atoms with Crippen molar-refractivity contribution in [3.8, 4) is 11.4 Å². The van der Waals surface area contributed by atoms with E-state index in [2.05, 4.69) is 28.9 Å². The highest BCUT2D eigenvalue weighted by atomic mass is 35.5. The lowest BCUT2D eigenvalue weighted by Crippen LogP contribution is -2.24. The van der Waals surface area contributed by atoms with E-state index in [9.17, 15) is 4.79 Å². The SMILES string of the molecule is CCn1c2c(c3ccc(-n4ccc(OCc5ccccc5)cc4=O)cc31)CNCC2.Cl.Cl. The van der Waals surface area contributed by atoms with E-state index in [1.807, 2.05) is 42.5 Å². The summed E-state index contributed by atoms with van der Waals surface area (Å²) in [6, 6.07) is 19.7. The highest BCUT2D eigenvalue weighted by molar-refractivity contribution is 5.87. The summed E-state index contributed by atoms with van der Waals surface area (Å²) in [5.74, 6) is 0.583. The molecule has 0 unspecified atom stereocenters. The topological polar surface area (TPSA) is 48.2 Å². The lowest BCUT2D eigenvalue weighted by molar-refractivity contribution is 0.305. The number of nitrogens with one attached hydrogen (secondary N) is 1. The van der Waals surface area contributed by atoms with Crippen molar-refractivity contribution in [3.05, 3.63) is 94.0 Å². The molecule has 0 saturated heterocycles. The summed E-state index contributed by atoms with van der Waals surface area (Å²) < 4.78 is 9.87. The number of aryl methyl sites for hydroxylation is 1. The van der Waals surface area contributed by atoms with Crippen LogP contribution < -0.4 is 15.6 Å². The molecule has 0 radical (unpaired) electrons. The number of fused-ring (bicyclic) bond motifs is 3. The van der Waals surface area contributed by atoms with Crippen LogP contribution in [0.2, 0.25) is 0 Å². The van der Waals surface area contributed by atoms with Gasteiger partial charge in [-0.05, 0) is 36.2 Å². The monoisotopic (exact) mass is 471 g/mol. The van der Waals surface area contributed by atoms with Crippen molar-refractivity contribution >= 4 is 35.7 Å². The minimum Gasteiger partial charge on any atom is -0.489 e. The number of rotatable bonds is 5. The Morgan fingerprint density at radius 3 is 2.59 bits per heavy atom. The molecule has 2 aromatic carbocycles. The van der Waals surface area contributed by atoms with Crippen molar-refractivity contribution in [2.75, 3.05) is 6.54 Å². The minimum atomic E-state index is -0.0963. The summed E-state index contributed by atoms with van der Waals surface area (Å²) in [6.45, 7) is 5.47. The average Bonchev–Trinajstić information content (AvgIpc) is 3.11. The minimum absolute atomic E-state index is 0. The molecule has 7 heteroatoms. The van der Waals surface area contributed by atoms with E-state index in [1.165, 1.54) is 22.2 Å². The summed E-state index contributed by atoms with van der Waals surface area (Å²) in [5, 5.41) is 4.75. The molecule has 5 nitrogen and oxygen atoms in total. The average molecular weight is 472 g/mol. The van der Waals surface area contributed by atoms with Gasteiger partial charge in [0.05, 0.1) is 11.2 Å². The van der Waals surface area contributed by atoms with Gasteiger partial charge in [-0.2, -0.15) is 0 Å². The van der Waals surface area contributed by atoms with Crippen LogP contribution in [0, 0.1) is 0 Å². The molecule has 0 bridgehead atoms. The van der Waals surface area contributed by atoms with Crippen LogP contribution in [-0.2, 0) is 26.1 Å². The predicted molar refractivity (Wildman–Crippen MR) is 134 cm³/mol. The van der Waals surface area contributed by atoms with E-state index in [0.717, 1.165) is 37.3 Å². The van der Waals surface area contributed by atoms with Gasteiger partial charge in [-0.25, -0.2) is 0 Å². The number of nitrogens with zero attached hydrogens (tertiary/aromatic N) is 2. The molecule has 0 amide bonds. The van der Waals surface area contributed by atoms with Crippen molar-refractivity contribution in [1.82, 2.24) is 14.5 Å². The molecular weight excluding hydrogens is 445 g/mol. The molecule has 1 aliphatic heterocycles. The second-order valence-corrected chi connectivity index (χ2v) is 7.64. The van der Waals surface area contributed by atoms with Gasteiger partial charge in [0.1, 0.15) is 12.4 Å². The largest absolute Gasteiger partial charge is 0.489 e. The Bertz CT molecular complexity index is 1270. The highest BCUT2D eigenvalue weighted by Crippen LogP contribution is 2.30. The Morgan fingerprint density at radius 2 is 1.84 bits per heavy atom. The van der Waals surface area contributed by atoms with Crippen molar-refractivity contribution < 1.29 is 4.74 Å². The number of hydrogen-bond donors (Lipinski definition) is 1. The highest BCUT2D eigenvalue weighted by Gasteiger charge is 2.19. The normalized spacial score (nSPS) is 12.5. The number of ether oxygens (including phenoxy) is 1. The fourth-order valence-corrected chi connectivity index (χ4v) is 4.38. The third-order valence-electron chi connectivity index (χ3n) is 5.85. The number of halogens is 2. The molecule has 5 rings (SSSR count). The number of benzene rings is 2. The van der Waals surface area contributed by atoms with Crippen LogP contribution in [-0.4, -0.2) is 15.7 Å². The standard InChI is InChI=1S/C25H25N3O2.2ClH/c1-2-27-23-10-12-26-16-22(23)21-9-8-19(14-24(21)27)28-13-11-20(15-25(28)29)30-17-18-6-4-3-5-7-18;;/h3-9,11,13-15,26H,2,10,12,16-17H2,1H3;2*1H. The zero-order valence-corrected chi connectivity index (χ0v) is 19.5. The first kappa shape index (κ1) is 23.9. The molecule has 3 heterocycles. The van der Waals surface area contributed by atoms with Crippen LogP contribution in [0.3, 0.4) is 0 Å². The zero-order chi connectivity index (χ0) is 20.5. The Hall–Kier alpha value is -2.73. The lowest BCUT2D eigenvalue weighted by Gasteiger charge is -2.16. The molecule has 0 fully saturated rings. The Balaban J connectivity index is 0.00000144. The Kier molecular flexibility index (Phi) is 7.67. The summed E-state index contributed by atoms with van der Waals surface area (Å²) in [7, 11) is 0. The summed E-state index contributed by atoms with van der Waals surface area (Å²) in [5.41, 5.74) is 5.86. The quantitative estimate of drug-likeness (QED) is 0.451. The van der Waals surface area contributed by atoms with E-state index < -0.39 is 0 Å². The molecule has 168 valence electrons. The van der Waals surface area contributed by atoms with Gasteiger partial charge in [0.15, 0.2) is 0 Å². The van der Waals surface area contributed by atoms with Crippen LogP contribution in [0.25, 0.3) is 16.6 Å². The third kappa shape index (κ3) is 4.42. The predicted octanol–water partition coefficient (Wildman–Crippen LogP) is 4.88. The second kappa shape index (κ2) is 10.3. The van der Waals surface area contributed by atoms with Crippen molar-refractivity contribution in [1.29, 1.82) is 0 Å². The van der Waals surface area contributed by atoms with Crippen molar-refractivity contribution in [2.24, 2.45) is 0 Å². The first-order valence-corrected chi connectivity index (χ1v) is 10.5. The molecule has 0 atom stereocenters. The number of aromatic nitrogens is 2. The first-order valence-electron chi connectivity index (χ1n) is 10.5. The fraction of sp³-hybridized carbons (Fsp3) is 0.240. The van der Waals surface area contributed by atoms with Gasteiger partial charge in [0, 0.05) is 49.4 Å². The van der Waals surface area contributed by atoms with Gasteiger partial charge >= 0.3 is 0 Å². The smallest absolute Gasteiger partial charge is 0.258 e. The fourth-order valence-electron chi connectivity index (χ4n) is 4.38. The number of hydrogen-bond acceptors (Lipinski definition) is 3. The molecule has 1 N–H and O–H groups in total. The van der Waals surface area contributed by atoms with Crippen molar-refractivity contribution in [2.45, 2.75) is 33.0 Å². The molecular formula is C25H27Cl2N3O2. The second-order valence-electron chi connectivity index (χ2n) is 7.64. The Morgan fingerprint density at radius 1 is 1.03 bits per heavy atom. The summed E-state index contributed by atoms with van der Waals surface area (Å²) in [6.07, 6.45) is 2.84. The molecule has 1 aliphatic rings. The van der Waals surface area contributed by atoms with Crippen molar-refractivity contribution in [3.63, 3.8) is 0 Å². The van der Waals surface area contributed by atoms with E-state index in [0.29, 0.717) is 12.4 Å². The molecule has 0 aliphatic carbocycles. The molecule has 2 aromatic heterocycles. The maximum absolute atomic E-state index is 12.8. The number of pyridine rings is 1. The van der Waals surface area contributed by atoms with Crippen LogP contribution in [0.15, 0.2) is 71.7 Å². The van der Waals surface area contributed by atoms with Gasteiger partial charge < -0.3 is 14.6 Å². The van der Waals surface area contributed by atoms with Crippen LogP contribution in [0.1, 0.15) is 23.7 Å². The van der Waals surface area contributed by atoms with Gasteiger partial charge in [-0.1, -0.05) is 36.4 Å². The molecule has 4 aromatic rings.